The monoisotopic (exact) mass is 460 g/mol. The van der Waals surface area contributed by atoms with Crippen molar-refractivity contribution in [2.45, 2.75) is 19.4 Å². The number of fused-ring (bicyclic) bond motifs is 1. The van der Waals surface area contributed by atoms with Crippen molar-refractivity contribution in [3.05, 3.63) is 95.5 Å². The van der Waals surface area contributed by atoms with Crippen LogP contribution >= 0.6 is 0 Å². The first-order chi connectivity index (χ1) is 16.5. The predicted octanol–water partition coefficient (Wildman–Crippen LogP) is 4.08. The second-order valence-corrected chi connectivity index (χ2v) is 7.29. The molecule has 2 N–H and O–H groups in total. The quantitative estimate of drug-likeness (QED) is 0.315. The Balaban J connectivity index is 0.000000481. The van der Waals surface area contributed by atoms with Gasteiger partial charge in [0.05, 0.1) is 23.8 Å². The highest BCUT2D eigenvalue weighted by atomic mass is 16.5. The van der Waals surface area contributed by atoms with Gasteiger partial charge in [-0.15, -0.1) is 0 Å². The summed E-state index contributed by atoms with van der Waals surface area (Å²) in [6, 6.07) is 25.8. The number of rotatable bonds is 7. The molecular weight excluding hydrogens is 436 g/mol. The number of nitrogens with zero attached hydrogens (tertiary/aromatic N) is 2. The fourth-order valence-corrected chi connectivity index (χ4v) is 3.28. The minimum atomic E-state index is -1.82. The lowest BCUT2D eigenvalue weighted by Crippen LogP contribution is -2.20. The molecule has 0 fully saturated rings. The van der Waals surface area contributed by atoms with Gasteiger partial charge in [-0.05, 0) is 36.6 Å². The van der Waals surface area contributed by atoms with Crippen LogP contribution < -0.4 is 10.3 Å². The normalized spacial score (nSPS) is 10.2. The summed E-state index contributed by atoms with van der Waals surface area (Å²) in [4.78, 5) is 35.1. The van der Waals surface area contributed by atoms with Crippen molar-refractivity contribution >= 4 is 22.8 Å². The van der Waals surface area contributed by atoms with Crippen LogP contribution in [-0.2, 0) is 16.1 Å². The summed E-state index contributed by atoms with van der Waals surface area (Å²) in [5, 5.41) is 15.4. The van der Waals surface area contributed by atoms with E-state index in [1.54, 1.807) is 10.9 Å². The summed E-state index contributed by atoms with van der Waals surface area (Å²) in [7, 11) is 0. The summed E-state index contributed by atoms with van der Waals surface area (Å²) < 4.78 is 7.71. The summed E-state index contributed by atoms with van der Waals surface area (Å²) in [5.74, 6) is -2.76. The first kappa shape index (κ1) is 24.2. The first-order valence-electron chi connectivity index (χ1n) is 10.6. The molecule has 1 heterocycles. The number of carboxylic acids is 2. The number of benzene rings is 3. The zero-order chi connectivity index (χ0) is 24.3. The van der Waals surface area contributed by atoms with Crippen molar-refractivity contribution in [3.8, 4) is 16.9 Å². The predicted molar refractivity (Wildman–Crippen MR) is 128 cm³/mol. The number of ether oxygens (including phenoxy) is 1. The van der Waals surface area contributed by atoms with Crippen molar-refractivity contribution in [2.24, 2.45) is 0 Å². The number of para-hydroxylation sites is 2. The molecule has 8 heteroatoms. The number of hydrogen-bond donors (Lipinski definition) is 2. The van der Waals surface area contributed by atoms with Crippen molar-refractivity contribution in [1.82, 2.24) is 9.55 Å². The maximum absolute atomic E-state index is 12.5. The minimum Gasteiger partial charge on any atom is -0.493 e. The molecule has 0 aliphatic rings. The second-order valence-electron chi connectivity index (χ2n) is 7.29. The SMILES string of the molecule is O=C(O)C(=O)O.O=c1c2ccccc2ncn1CCCCOc1ccccc1-c1ccccc1. The Morgan fingerprint density at radius 1 is 0.824 bits per heavy atom. The van der Waals surface area contributed by atoms with Crippen LogP contribution in [0.5, 0.6) is 5.75 Å². The van der Waals surface area contributed by atoms with Crippen LogP contribution in [0.15, 0.2) is 90.0 Å². The highest BCUT2D eigenvalue weighted by Crippen LogP contribution is 2.29. The molecule has 0 aliphatic heterocycles. The van der Waals surface area contributed by atoms with Crippen molar-refractivity contribution < 1.29 is 24.5 Å². The zero-order valence-corrected chi connectivity index (χ0v) is 18.3. The summed E-state index contributed by atoms with van der Waals surface area (Å²) >= 11 is 0. The highest BCUT2D eigenvalue weighted by Gasteiger charge is 2.06. The van der Waals surface area contributed by atoms with E-state index < -0.39 is 11.9 Å². The van der Waals surface area contributed by atoms with E-state index in [9.17, 15) is 4.79 Å². The summed E-state index contributed by atoms with van der Waals surface area (Å²) in [6.07, 6.45) is 3.35. The van der Waals surface area contributed by atoms with E-state index in [1.807, 2.05) is 60.7 Å². The van der Waals surface area contributed by atoms with E-state index in [4.69, 9.17) is 24.5 Å². The average Bonchev–Trinajstić information content (AvgIpc) is 2.86. The number of hydrogen-bond acceptors (Lipinski definition) is 5. The first-order valence-corrected chi connectivity index (χ1v) is 10.6. The highest BCUT2D eigenvalue weighted by molar-refractivity contribution is 6.27. The van der Waals surface area contributed by atoms with Crippen LogP contribution in [0, 0.1) is 0 Å². The molecule has 0 amide bonds. The van der Waals surface area contributed by atoms with Crippen LogP contribution in [0.25, 0.3) is 22.0 Å². The second kappa shape index (κ2) is 12.0. The molecule has 34 heavy (non-hydrogen) atoms. The third-order valence-corrected chi connectivity index (χ3v) is 4.94. The van der Waals surface area contributed by atoms with Crippen LogP contribution in [0.2, 0.25) is 0 Å². The molecule has 0 aliphatic carbocycles. The fraction of sp³-hybridized carbons (Fsp3) is 0.154. The molecule has 0 bridgehead atoms. The van der Waals surface area contributed by atoms with Crippen LogP contribution in [0.4, 0.5) is 0 Å². The van der Waals surface area contributed by atoms with Gasteiger partial charge in [0.2, 0.25) is 0 Å². The van der Waals surface area contributed by atoms with Crippen molar-refractivity contribution in [1.29, 1.82) is 0 Å². The maximum Gasteiger partial charge on any atom is 0.414 e. The lowest BCUT2D eigenvalue weighted by molar-refractivity contribution is -0.159. The molecule has 4 aromatic rings. The Labute approximate surface area is 195 Å². The van der Waals surface area contributed by atoms with E-state index in [2.05, 4.69) is 23.2 Å². The molecule has 3 aromatic carbocycles. The fourth-order valence-electron chi connectivity index (χ4n) is 3.28. The van der Waals surface area contributed by atoms with Crippen molar-refractivity contribution in [3.63, 3.8) is 0 Å². The third-order valence-electron chi connectivity index (χ3n) is 4.94. The molecule has 0 atom stereocenters. The van der Waals surface area contributed by atoms with Crippen LogP contribution in [-0.4, -0.2) is 38.3 Å². The molecule has 4 rings (SSSR count). The van der Waals surface area contributed by atoms with Crippen LogP contribution in [0.3, 0.4) is 0 Å². The van der Waals surface area contributed by atoms with Gasteiger partial charge in [0, 0.05) is 12.1 Å². The van der Waals surface area contributed by atoms with Gasteiger partial charge in [-0.2, -0.15) is 0 Å². The largest absolute Gasteiger partial charge is 0.493 e. The smallest absolute Gasteiger partial charge is 0.414 e. The van der Waals surface area contributed by atoms with Crippen LogP contribution in [0.1, 0.15) is 12.8 Å². The van der Waals surface area contributed by atoms with Gasteiger partial charge in [0.15, 0.2) is 0 Å². The van der Waals surface area contributed by atoms with Crippen molar-refractivity contribution in [2.75, 3.05) is 6.61 Å². The molecule has 0 saturated carbocycles. The average molecular weight is 460 g/mol. The topological polar surface area (TPSA) is 119 Å². The molecular formula is C26H24N2O6. The number of unbranched alkanes of at least 4 members (excludes halogenated alkanes) is 1. The number of carbonyl (C=O) groups is 2. The third kappa shape index (κ3) is 6.52. The Morgan fingerprint density at radius 3 is 2.21 bits per heavy atom. The molecule has 8 nitrogen and oxygen atoms in total. The van der Waals surface area contributed by atoms with Gasteiger partial charge >= 0.3 is 11.9 Å². The van der Waals surface area contributed by atoms with E-state index in [0.717, 1.165) is 35.2 Å². The number of aliphatic carboxylic acids is 2. The maximum atomic E-state index is 12.5. The van der Waals surface area contributed by atoms with Gasteiger partial charge in [-0.3, -0.25) is 9.36 Å². The van der Waals surface area contributed by atoms with Gasteiger partial charge in [-0.1, -0.05) is 60.7 Å². The Kier molecular flexibility index (Phi) is 8.51. The lowest BCUT2D eigenvalue weighted by Gasteiger charge is -2.12. The van der Waals surface area contributed by atoms with Gasteiger partial charge in [0.25, 0.3) is 5.56 Å². The van der Waals surface area contributed by atoms with E-state index in [-0.39, 0.29) is 5.56 Å². The molecule has 1 aromatic heterocycles. The number of aryl methyl sites for hydroxylation is 1. The van der Waals surface area contributed by atoms with E-state index in [0.29, 0.717) is 18.5 Å². The standard InChI is InChI=1S/C24H22N2O2.C2H2O4/c27-24-21-13-4-6-14-22(21)25-18-26(24)16-8-9-17-28-23-15-7-5-12-20(23)19-10-2-1-3-11-19;3-1(4)2(5)6/h1-7,10-15,18H,8-9,16-17H2;(H,3,4)(H,5,6). The van der Waals surface area contributed by atoms with E-state index >= 15 is 0 Å². The minimum absolute atomic E-state index is 0.0148. The lowest BCUT2D eigenvalue weighted by atomic mass is 10.1. The molecule has 0 radical (unpaired) electrons. The Morgan fingerprint density at radius 2 is 1.47 bits per heavy atom. The number of carboxylic acid groups (broad SMARTS) is 2. The molecule has 0 saturated heterocycles. The number of aromatic nitrogens is 2. The Hall–Kier alpha value is -4.46. The molecule has 0 unspecified atom stereocenters. The van der Waals surface area contributed by atoms with E-state index in [1.165, 1.54) is 0 Å². The zero-order valence-electron chi connectivity index (χ0n) is 18.3. The molecule has 174 valence electrons. The molecule has 0 spiro atoms. The Bertz CT molecular complexity index is 1310. The summed E-state index contributed by atoms with van der Waals surface area (Å²) in [6.45, 7) is 1.25. The van der Waals surface area contributed by atoms with Gasteiger partial charge in [-0.25, -0.2) is 14.6 Å². The summed E-state index contributed by atoms with van der Waals surface area (Å²) in [5.41, 5.74) is 3.00. The van der Waals surface area contributed by atoms with Gasteiger partial charge < -0.3 is 14.9 Å². The van der Waals surface area contributed by atoms with Gasteiger partial charge in [0.1, 0.15) is 5.75 Å².